The number of imidazole rings is 1. The minimum absolute atomic E-state index is 0.0546. The number of fused-ring (bicyclic) bond motifs is 1. The first-order valence-electron chi connectivity index (χ1n) is 7.49. The average Bonchev–Trinajstić information content (AvgIpc) is 2.84. The number of aromatic nitrogens is 2. The van der Waals surface area contributed by atoms with Gasteiger partial charge in [-0.2, -0.15) is 13.2 Å². The Hall–Kier alpha value is -1.76. The van der Waals surface area contributed by atoms with E-state index in [2.05, 4.69) is 10.3 Å². The number of nitrogens with one attached hydrogen (secondary N) is 2. The maximum absolute atomic E-state index is 12.8. The van der Waals surface area contributed by atoms with E-state index in [0.29, 0.717) is 11.0 Å². The van der Waals surface area contributed by atoms with Crippen molar-refractivity contribution in [1.29, 1.82) is 0 Å². The van der Waals surface area contributed by atoms with Gasteiger partial charge in [-0.15, -0.1) is 0 Å². The first kappa shape index (κ1) is 16.6. The number of aromatic amines is 1. The van der Waals surface area contributed by atoms with Crippen LogP contribution < -0.4 is 11.0 Å². The minimum Gasteiger partial charge on any atom is -0.317 e. The first-order valence-corrected chi connectivity index (χ1v) is 7.49. The topological polar surface area (TPSA) is 49.8 Å². The summed E-state index contributed by atoms with van der Waals surface area (Å²) in [4.78, 5) is 14.6. The highest BCUT2D eigenvalue weighted by molar-refractivity contribution is 5.76. The second-order valence-corrected chi connectivity index (χ2v) is 5.01. The highest BCUT2D eigenvalue weighted by Gasteiger charge is 2.31. The SMILES string of the molecule is CC.O=c1[nH]c2ccc(C(F)(F)F)cc2n1C1CCNCC1. The van der Waals surface area contributed by atoms with Gasteiger partial charge in [0, 0.05) is 6.04 Å². The summed E-state index contributed by atoms with van der Waals surface area (Å²) in [6.45, 7) is 5.53. The van der Waals surface area contributed by atoms with Crippen molar-refractivity contribution >= 4 is 11.0 Å². The van der Waals surface area contributed by atoms with Gasteiger partial charge >= 0.3 is 11.9 Å². The number of nitrogens with zero attached hydrogens (tertiary/aromatic N) is 1. The van der Waals surface area contributed by atoms with Gasteiger partial charge in [0.1, 0.15) is 0 Å². The van der Waals surface area contributed by atoms with Crippen LogP contribution in [0, 0.1) is 0 Å². The van der Waals surface area contributed by atoms with Gasteiger partial charge in [-0.1, -0.05) is 13.8 Å². The number of hydrogen-bond donors (Lipinski definition) is 2. The molecule has 4 nitrogen and oxygen atoms in total. The van der Waals surface area contributed by atoms with Crippen LogP contribution in [-0.4, -0.2) is 22.6 Å². The second kappa shape index (κ2) is 6.56. The second-order valence-electron chi connectivity index (χ2n) is 5.01. The maximum Gasteiger partial charge on any atom is 0.416 e. The van der Waals surface area contributed by atoms with Gasteiger partial charge in [0.05, 0.1) is 16.6 Å². The molecule has 3 rings (SSSR count). The van der Waals surface area contributed by atoms with Gasteiger partial charge in [-0.25, -0.2) is 4.79 Å². The van der Waals surface area contributed by atoms with Crippen LogP contribution in [0.25, 0.3) is 11.0 Å². The zero-order valence-corrected chi connectivity index (χ0v) is 12.6. The van der Waals surface area contributed by atoms with Crippen molar-refractivity contribution in [3.05, 3.63) is 34.2 Å². The van der Waals surface area contributed by atoms with E-state index in [1.165, 1.54) is 10.6 Å². The Bertz CT molecular complexity index is 681. The zero-order valence-electron chi connectivity index (χ0n) is 12.6. The number of alkyl halides is 3. The summed E-state index contributed by atoms with van der Waals surface area (Å²) in [5.41, 5.74) is -0.295. The van der Waals surface area contributed by atoms with Crippen LogP contribution >= 0.6 is 0 Å². The summed E-state index contributed by atoms with van der Waals surface area (Å²) in [5, 5.41) is 3.17. The Labute approximate surface area is 126 Å². The molecule has 1 fully saturated rings. The Balaban J connectivity index is 0.000000847. The van der Waals surface area contributed by atoms with E-state index in [9.17, 15) is 18.0 Å². The van der Waals surface area contributed by atoms with E-state index in [4.69, 9.17) is 0 Å². The lowest BCUT2D eigenvalue weighted by atomic mass is 10.1. The van der Waals surface area contributed by atoms with Crippen molar-refractivity contribution in [2.24, 2.45) is 0 Å². The number of H-pyrrole nitrogens is 1. The van der Waals surface area contributed by atoms with Gasteiger partial charge in [0.2, 0.25) is 0 Å². The number of halogens is 3. The molecule has 0 amide bonds. The lowest BCUT2D eigenvalue weighted by molar-refractivity contribution is -0.137. The van der Waals surface area contributed by atoms with E-state index in [-0.39, 0.29) is 11.7 Å². The molecular formula is C15H20F3N3O. The molecule has 1 aromatic carbocycles. The summed E-state index contributed by atoms with van der Waals surface area (Å²) in [7, 11) is 0. The molecule has 0 spiro atoms. The summed E-state index contributed by atoms with van der Waals surface area (Å²) in [6.07, 6.45) is -2.92. The van der Waals surface area contributed by atoms with Crippen molar-refractivity contribution in [3.63, 3.8) is 0 Å². The smallest absolute Gasteiger partial charge is 0.317 e. The van der Waals surface area contributed by atoms with Crippen molar-refractivity contribution in [2.45, 2.75) is 38.9 Å². The molecule has 2 N–H and O–H groups in total. The minimum atomic E-state index is -4.40. The van der Waals surface area contributed by atoms with E-state index < -0.39 is 11.7 Å². The number of benzene rings is 1. The van der Waals surface area contributed by atoms with E-state index in [1.807, 2.05) is 13.8 Å². The maximum atomic E-state index is 12.8. The Morgan fingerprint density at radius 1 is 1.18 bits per heavy atom. The fourth-order valence-corrected chi connectivity index (χ4v) is 2.73. The van der Waals surface area contributed by atoms with E-state index in [1.54, 1.807) is 0 Å². The molecule has 1 saturated heterocycles. The van der Waals surface area contributed by atoms with Crippen molar-refractivity contribution in [1.82, 2.24) is 14.9 Å². The van der Waals surface area contributed by atoms with Crippen LogP contribution in [0.2, 0.25) is 0 Å². The van der Waals surface area contributed by atoms with Gasteiger partial charge in [0.15, 0.2) is 0 Å². The third-order valence-electron chi connectivity index (χ3n) is 3.72. The van der Waals surface area contributed by atoms with Crippen LogP contribution in [0.3, 0.4) is 0 Å². The number of piperidine rings is 1. The fraction of sp³-hybridized carbons (Fsp3) is 0.533. The molecule has 1 aliphatic rings. The van der Waals surface area contributed by atoms with Crippen molar-refractivity contribution in [3.8, 4) is 0 Å². The highest BCUT2D eigenvalue weighted by atomic mass is 19.4. The lowest BCUT2D eigenvalue weighted by Gasteiger charge is -2.24. The highest BCUT2D eigenvalue weighted by Crippen LogP contribution is 2.32. The Morgan fingerprint density at radius 2 is 1.82 bits per heavy atom. The van der Waals surface area contributed by atoms with E-state index >= 15 is 0 Å². The Morgan fingerprint density at radius 3 is 2.41 bits per heavy atom. The molecule has 1 aromatic heterocycles. The molecule has 2 aromatic rings. The monoisotopic (exact) mass is 315 g/mol. The van der Waals surface area contributed by atoms with Crippen LogP contribution in [0.1, 0.15) is 38.3 Å². The number of rotatable bonds is 1. The molecule has 0 radical (unpaired) electrons. The summed E-state index contributed by atoms with van der Waals surface area (Å²) < 4.78 is 39.8. The molecule has 0 aliphatic carbocycles. The normalized spacial score (nSPS) is 16.4. The van der Waals surface area contributed by atoms with Gasteiger partial charge < -0.3 is 10.3 Å². The predicted molar refractivity (Wildman–Crippen MR) is 80.0 cm³/mol. The molecule has 0 bridgehead atoms. The predicted octanol–water partition coefficient (Wildman–Crippen LogP) is 3.30. The molecule has 2 heterocycles. The van der Waals surface area contributed by atoms with Gasteiger partial charge in [-0.05, 0) is 44.1 Å². The first-order chi connectivity index (χ1) is 10.5. The van der Waals surface area contributed by atoms with Crippen LogP contribution in [0.15, 0.2) is 23.0 Å². The van der Waals surface area contributed by atoms with Crippen molar-refractivity contribution in [2.75, 3.05) is 13.1 Å². The summed E-state index contributed by atoms with van der Waals surface area (Å²) >= 11 is 0. The van der Waals surface area contributed by atoms with Gasteiger partial charge in [-0.3, -0.25) is 4.57 Å². The lowest BCUT2D eigenvalue weighted by Crippen LogP contribution is -2.33. The third kappa shape index (κ3) is 3.19. The standard InChI is InChI=1S/C13H14F3N3O.C2H6/c14-13(15,16)8-1-2-10-11(7-8)19(12(20)18-10)9-3-5-17-6-4-9;1-2/h1-2,7,9,17H,3-6H2,(H,18,20);1-2H3. The molecule has 22 heavy (non-hydrogen) atoms. The van der Waals surface area contributed by atoms with E-state index in [0.717, 1.165) is 38.1 Å². The third-order valence-corrected chi connectivity index (χ3v) is 3.72. The fourth-order valence-electron chi connectivity index (χ4n) is 2.73. The molecule has 0 atom stereocenters. The van der Waals surface area contributed by atoms with Crippen LogP contribution in [-0.2, 0) is 6.18 Å². The van der Waals surface area contributed by atoms with Crippen LogP contribution in [0.5, 0.6) is 0 Å². The molecule has 1 aliphatic heterocycles. The zero-order chi connectivity index (χ0) is 16.3. The molecule has 0 saturated carbocycles. The largest absolute Gasteiger partial charge is 0.416 e. The quantitative estimate of drug-likeness (QED) is 0.848. The molecule has 7 heteroatoms. The average molecular weight is 315 g/mol. The van der Waals surface area contributed by atoms with Crippen LogP contribution in [0.4, 0.5) is 13.2 Å². The summed E-state index contributed by atoms with van der Waals surface area (Å²) in [5.74, 6) is 0. The molecule has 0 unspecified atom stereocenters. The molecule has 122 valence electrons. The number of hydrogen-bond acceptors (Lipinski definition) is 2. The Kier molecular flexibility index (Phi) is 4.95. The molecular weight excluding hydrogens is 295 g/mol. The van der Waals surface area contributed by atoms with Crippen molar-refractivity contribution < 1.29 is 13.2 Å². The summed E-state index contributed by atoms with van der Waals surface area (Å²) in [6, 6.07) is 3.30. The van der Waals surface area contributed by atoms with Gasteiger partial charge in [0.25, 0.3) is 0 Å².